The van der Waals surface area contributed by atoms with Gasteiger partial charge < -0.3 is 10.2 Å². The Hall–Kier alpha value is -2.37. The van der Waals surface area contributed by atoms with E-state index in [0.29, 0.717) is 6.54 Å². The molecule has 26 heavy (non-hydrogen) atoms. The third-order valence-electron chi connectivity index (χ3n) is 5.42. The van der Waals surface area contributed by atoms with Gasteiger partial charge in [-0.1, -0.05) is 31.0 Å². The monoisotopic (exact) mass is 357 g/mol. The predicted octanol–water partition coefficient (Wildman–Crippen LogP) is 1.80. The number of rotatable bonds is 7. The Bertz CT molecular complexity index is 638. The average Bonchev–Trinajstić information content (AvgIpc) is 2.91. The van der Waals surface area contributed by atoms with Gasteiger partial charge in [-0.2, -0.15) is 0 Å². The van der Waals surface area contributed by atoms with Crippen LogP contribution in [0.25, 0.3) is 0 Å². The molecule has 140 valence electrons. The average molecular weight is 357 g/mol. The maximum absolute atomic E-state index is 12.4. The molecular weight excluding hydrogens is 330 g/mol. The molecule has 1 aliphatic heterocycles. The molecule has 1 N–H and O–H groups in total. The maximum atomic E-state index is 12.4. The van der Waals surface area contributed by atoms with Gasteiger partial charge in [-0.3, -0.25) is 19.3 Å². The number of hydrogen-bond acceptors (Lipinski definition) is 4. The highest BCUT2D eigenvalue weighted by Gasteiger charge is 2.48. The van der Waals surface area contributed by atoms with Crippen molar-refractivity contribution in [2.24, 2.45) is 11.8 Å². The molecule has 0 spiro atoms. The molecule has 6 nitrogen and oxygen atoms in total. The zero-order valence-electron chi connectivity index (χ0n) is 15.3. The van der Waals surface area contributed by atoms with E-state index in [1.807, 2.05) is 37.4 Å². The quantitative estimate of drug-likeness (QED) is 0.597. The van der Waals surface area contributed by atoms with Crippen LogP contribution in [0.2, 0.25) is 0 Å². The minimum atomic E-state index is -0.257. The number of nitrogens with zero attached hydrogens (tertiary/aromatic N) is 2. The van der Waals surface area contributed by atoms with E-state index in [2.05, 4.69) is 10.2 Å². The van der Waals surface area contributed by atoms with Crippen molar-refractivity contribution in [2.75, 3.05) is 31.6 Å². The van der Waals surface area contributed by atoms with Gasteiger partial charge in [0.1, 0.15) is 6.54 Å². The Balaban J connectivity index is 1.40. The van der Waals surface area contributed by atoms with Crippen molar-refractivity contribution >= 4 is 23.4 Å². The Morgan fingerprint density at radius 1 is 1.12 bits per heavy atom. The minimum Gasteiger partial charge on any atom is -0.375 e. The lowest BCUT2D eigenvalue weighted by Gasteiger charge is -2.19. The van der Waals surface area contributed by atoms with E-state index in [1.54, 1.807) is 0 Å². The van der Waals surface area contributed by atoms with Crippen molar-refractivity contribution in [3.63, 3.8) is 0 Å². The molecule has 0 bridgehead atoms. The molecule has 1 aromatic carbocycles. The zero-order valence-corrected chi connectivity index (χ0v) is 15.3. The second kappa shape index (κ2) is 8.34. The molecule has 3 rings (SSSR count). The van der Waals surface area contributed by atoms with Gasteiger partial charge in [-0.05, 0) is 31.4 Å². The summed E-state index contributed by atoms with van der Waals surface area (Å²) in [5.41, 5.74) is 1.13. The van der Waals surface area contributed by atoms with Crippen LogP contribution in [0.4, 0.5) is 5.69 Å². The number of likely N-dealkylation sites (tertiary alicyclic amines) is 1. The maximum Gasteiger partial charge on any atom is 0.240 e. The van der Waals surface area contributed by atoms with Crippen LogP contribution in [0.5, 0.6) is 0 Å². The van der Waals surface area contributed by atoms with Gasteiger partial charge in [0.2, 0.25) is 17.7 Å². The van der Waals surface area contributed by atoms with Crippen molar-refractivity contribution < 1.29 is 14.4 Å². The Morgan fingerprint density at radius 2 is 1.73 bits per heavy atom. The second-order valence-electron chi connectivity index (χ2n) is 7.22. The van der Waals surface area contributed by atoms with Crippen LogP contribution >= 0.6 is 0 Å². The van der Waals surface area contributed by atoms with Crippen molar-refractivity contribution in [2.45, 2.75) is 32.1 Å². The van der Waals surface area contributed by atoms with E-state index in [0.717, 1.165) is 44.3 Å². The summed E-state index contributed by atoms with van der Waals surface area (Å²) in [6.45, 7) is 1.20. The fraction of sp³-hybridized carbons (Fsp3) is 0.550. The molecule has 1 heterocycles. The van der Waals surface area contributed by atoms with Crippen molar-refractivity contribution in [3.8, 4) is 0 Å². The molecule has 0 radical (unpaired) electrons. The molecule has 1 aromatic rings. The molecule has 1 saturated carbocycles. The van der Waals surface area contributed by atoms with E-state index in [-0.39, 0.29) is 36.1 Å². The molecule has 2 fully saturated rings. The number of amides is 3. The predicted molar refractivity (Wildman–Crippen MR) is 99.5 cm³/mol. The normalized spacial score (nSPS) is 22.3. The molecule has 2 atom stereocenters. The lowest BCUT2D eigenvalue weighted by Crippen LogP contribution is -2.41. The largest absolute Gasteiger partial charge is 0.375 e. The van der Waals surface area contributed by atoms with Gasteiger partial charge in [0.25, 0.3) is 0 Å². The number of nitrogens with one attached hydrogen (secondary N) is 1. The van der Waals surface area contributed by atoms with Crippen LogP contribution in [0.1, 0.15) is 32.1 Å². The van der Waals surface area contributed by atoms with Crippen LogP contribution in [0.3, 0.4) is 0 Å². The number of carbonyl (C=O) groups excluding carboxylic acids is 3. The van der Waals surface area contributed by atoms with Crippen molar-refractivity contribution in [1.82, 2.24) is 10.2 Å². The summed E-state index contributed by atoms with van der Waals surface area (Å²) in [7, 11) is 2.01. The topological polar surface area (TPSA) is 69.7 Å². The summed E-state index contributed by atoms with van der Waals surface area (Å²) in [5.74, 6) is -0.947. The number of hydrogen-bond donors (Lipinski definition) is 1. The summed E-state index contributed by atoms with van der Waals surface area (Å²) >= 11 is 0. The zero-order chi connectivity index (χ0) is 18.5. The first-order valence-corrected chi connectivity index (χ1v) is 9.46. The highest BCUT2D eigenvalue weighted by molar-refractivity contribution is 6.07. The van der Waals surface area contributed by atoms with Gasteiger partial charge in [0.15, 0.2) is 0 Å². The minimum absolute atomic E-state index is 0.140. The molecule has 1 saturated heterocycles. The Morgan fingerprint density at radius 3 is 2.35 bits per heavy atom. The SMILES string of the molecule is CN(CCCNC(=O)CN1C(=O)[C@H]2CCCC[C@@H]2C1=O)c1ccccc1. The van der Waals surface area contributed by atoms with Crippen LogP contribution in [-0.4, -0.2) is 49.3 Å². The van der Waals surface area contributed by atoms with Crippen molar-refractivity contribution in [3.05, 3.63) is 30.3 Å². The fourth-order valence-electron chi connectivity index (χ4n) is 3.94. The molecule has 2 aliphatic rings. The Labute approximate surface area is 154 Å². The number of anilines is 1. The first-order valence-electron chi connectivity index (χ1n) is 9.46. The first-order chi connectivity index (χ1) is 12.6. The third kappa shape index (κ3) is 4.06. The van der Waals surface area contributed by atoms with E-state index in [4.69, 9.17) is 0 Å². The summed E-state index contributed by atoms with van der Waals surface area (Å²) in [4.78, 5) is 40.2. The van der Waals surface area contributed by atoms with E-state index in [1.165, 1.54) is 4.90 Å². The van der Waals surface area contributed by atoms with Gasteiger partial charge in [-0.25, -0.2) is 0 Å². The van der Waals surface area contributed by atoms with Crippen LogP contribution in [0, 0.1) is 11.8 Å². The standard InChI is InChI=1S/C20H27N3O3/c1-22(15-8-3-2-4-9-15)13-7-12-21-18(24)14-23-19(25)16-10-5-6-11-17(16)20(23)26/h2-4,8-9,16-17H,5-7,10-14H2,1H3,(H,21,24)/t16-,17-/m0/s1. The molecule has 3 amide bonds. The number of para-hydroxylation sites is 1. The molecule has 6 heteroatoms. The van der Waals surface area contributed by atoms with E-state index in [9.17, 15) is 14.4 Å². The van der Waals surface area contributed by atoms with Gasteiger partial charge in [0.05, 0.1) is 11.8 Å². The van der Waals surface area contributed by atoms with Crippen LogP contribution in [0.15, 0.2) is 30.3 Å². The van der Waals surface area contributed by atoms with Gasteiger partial charge in [0, 0.05) is 25.8 Å². The highest BCUT2D eigenvalue weighted by atomic mass is 16.2. The Kier molecular flexibility index (Phi) is 5.91. The van der Waals surface area contributed by atoms with E-state index >= 15 is 0 Å². The van der Waals surface area contributed by atoms with Crippen LogP contribution in [-0.2, 0) is 14.4 Å². The summed E-state index contributed by atoms with van der Waals surface area (Å²) in [6.07, 6.45) is 4.34. The van der Waals surface area contributed by atoms with Crippen molar-refractivity contribution in [1.29, 1.82) is 0 Å². The lowest BCUT2D eigenvalue weighted by atomic mass is 9.81. The molecular formula is C20H27N3O3. The number of fused-ring (bicyclic) bond motifs is 1. The summed E-state index contributed by atoms with van der Waals surface area (Å²) in [6, 6.07) is 10.1. The number of carbonyl (C=O) groups is 3. The van der Waals surface area contributed by atoms with Gasteiger partial charge >= 0.3 is 0 Å². The number of imide groups is 1. The first kappa shape index (κ1) is 18.4. The highest BCUT2D eigenvalue weighted by Crippen LogP contribution is 2.37. The second-order valence-corrected chi connectivity index (χ2v) is 7.22. The molecule has 0 aromatic heterocycles. The molecule has 1 aliphatic carbocycles. The smallest absolute Gasteiger partial charge is 0.240 e. The summed E-state index contributed by atoms with van der Waals surface area (Å²) < 4.78 is 0. The van der Waals surface area contributed by atoms with Crippen LogP contribution < -0.4 is 10.2 Å². The summed E-state index contributed by atoms with van der Waals surface area (Å²) in [5, 5.41) is 2.83. The van der Waals surface area contributed by atoms with E-state index < -0.39 is 0 Å². The third-order valence-corrected chi connectivity index (χ3v) is 5.42. The molecule has 0 unspecified atom stereocenters. The number of benzene rings is 1. The lowest BCUT2D eigenvalue weighted by molar-refractivity contribution is -0.143. The fourth-order valence-corrected chi connectivity index (χ4v) is 3.94. The van der Waals surface area contributed by atoms with Gasteiger partial charge in [-0.15, -0.1) is 0 Å².